The van der Waals surface area contributed by atoms with E-state index in [1.54, 1.807) is 11.3 Å². The fraction of sp³-hybridized carbons (Fsp3) is 0.400. The molecule has 3 fully saturated rings. The van der Waals surface area contributed by atoms with Crippen molar-refractivity contribution in [2.24, 2.45) is 5.92 Å². The minimum absolute atomic E-state index is 0.0478. The maximum atomic E-state index is 12.8. The molecule has 2 atom stereocenters. The lowest BCUT2D eigenvalue weighted by Crippen LogP contribution is -2.62. The molecule has 5 nitrogen and oxygen atoms in total. The molecule has 0 spiro atoms. The first-order valence-electron chi connectivity index (χ1n) is 9.27. The summed E-state index contributed by atoms with van der Waals surface area (Å²) >= 11 is 1.68. The van der Waals surface area contributed by atoms with Crippen molar-refractivity contribution in [2.75, 3.05) is 13.1 Å². The average Bonchev–Trinajstić information content (AvgIpc) is 3.33. The molecule has 2 unspecified atom stereocenters. The minimum atomic E-state index is -0.0478. The van der Waals surface area contributed by atoms with Crippen LogP contribution in [0.5, 0.6) is 0 Å². The zero-order valence-corrected chi connectivity index (χ0v) is 15.6. The first kappa shape index (κ1) is 16.0. The van der Waals surface area contributed by atoms with E-state index in [4.69, 9.17) is 0 Å². The molecule has 2 bridgehead atoms. The van der Waals surface area contributed by atoms with Gasteiger partial charge in [-0.25, -0.2) is 0 Å². The van der Waals surface area contributed by atoms with E-state index in [-0.39, 0.29) is 11.9 Å². The van der Waals surface area contributed by atoms with Crippen LogP contribution in [0.2, 0.25) is 0 Å². The lowest BCUT2D eigenvalue weighted by atomic mass is 9.79. The van der Waals surface area contributed by atoms with Crippen LogP contribution in [0.15, 0.2) is 42.9 Å². The van der Waals surface area contributed by atoms with Crippen molar-refractivity contribution < 1.29 is 4.79 Å². The number of carbonyl (C=O) groups excluding carboxylic acids is 1. The fourth-order valence-electron chi connectivity index (χ4n) is 4.42. The maximum Gasteiger partial charge on any atom is 0.270 e. The Balaban J connectivity index is 1.39. The molecular weight excluding hydrogens is 344 g/mol. The highest BCUT2D eigenvalue weighted by Crippen LogP contribution is 2.32. The number of fused-ring (bicyclic) bond motifs is 4. The first-order valence-corrected chi connectivity index (χ1v) is 10.1. The molecule has 3 aliphatic rings. The third-order valence-electron chi connectivity index (χ3n) is 5.96. The van der Waals surface area contributed by atoms with E-state index in [9.17, 15) is 4.79 Å². The molecule has 26 heavy (non-hydrogen) atoms. The van der Waals surface area contributed by atoms with Gasteiger partial charge in [-0.2, -0.15) is 0 Å². The van der Waals surface area contributed by atoms with Crippen LogP contribution >= 0.6 is 11.3 Å². The van der Waals surface area contributed by atoms with E-state index >= 15 is 0 Å². The highest BCUT2D eigenvalue weighted by atomic mass is 32.1. The Hall–Kier alpha value is -2.18. The normalized spacial score (nSPS) is 27.7. The van der Waals surface area contributed by atoms with Crippen molar-refractivity contribution in [3.63, 3.8) is 0 Å². The minimum Gasteiger partial charge on any atom is -0.346 e. The Labute approximate surface area is 156 Å². The highest BCUT2D eigenvalue weighted by molar-refractivity contribution is 7.21. The van der Waals surface area contributed by atoms with Crippen molar-refractivity contribution in [3.05, 3.63) is 48.5 Å². The number of rotatable bonds is 3. The van der Waals surface area contributed by atoms with Crippen LogP contribution in [0.1, 0.15) is 30.3 Å². The van der Waals surface area contributed by atoms with Crippen LogP contribution in [0, 0.1) is 5.92 Å². The second kappa shape index (κ2) is 6.21. The standard InChI is InChI=1S/C20H22N4OS/c1-13-19(14-4-8-23(13)9-5-14)22-20(25)16-11-17-15(12-21-16)10-18(26-17)24-6-2-3-7-24/h2-3,6-7,10-14,19H,4-5,8-9H2,1H3,(H,22,25). The summed E-state index contributed by atoms with van der Waals surface area (Å²) in [5, 5.41) is 5.48. The van der Waals surface area contributed by atoms with Crippen molar-refractivity contribution in [2.45, 2.75) is 31.8 Å². The predicted molar refractivity (Wildman–Crippen MR) is 104 cm³/mol. The zero-order valence-electron chi connectivity index (χ0n) is 14.8. The second-order valence-electron chi connectivity index (χ2n) is 7.40. The van der Waals surface area contributed by atoms with Gasteiger partial charge < -0.3 is 9.88 Å². The fourth-order valence-corrected chi connectivity index (χ4v) is 5.46. The van der Waals surface area contributed by atoms with Crippen molar-refractivity contribution in [3.8, 4) is 5.00 Å². The van der Waals surface area contributed by atoms with Crippen molar-refractivity contribution >= 4 is 27.3 Å². The van der Waals surface area contributed by atoms with Gasteiger partial charge in [-0.15, -0.1) is 11.3 Å². The van der Waals surface area contributed by atoms with Gasteiger partial charge in [0.05, 0.1) is 0 Å². The molecule has 3 saturated heterocycles. The molecule has 3 aromatic heterocycles. The third-order valence-corrected chi connectivity index (χ3v) is 7.07. The summed E-state index contributed by atoms with van der Waals surface area (Å²) in [6, 6.07) is 8.71. The molecule has 3 aromatic rings. The molecule has 6 heteroatoms. The van der Waals surface area contributed by atoms with Gasteiger partial charge in [-0.1, -0.05) is 0 Å². The Bertz CT molecular complexity index is 938. The Morgan fingerprint density at radius 3 is 2.73 bits per heavy atom. The SMILES string of the molecule is CC1C(NC(=O)c2cc3sc(-n4cccc4)cc3cn2)C2CCN1CC2. The molecule has 0 radical (unpaired) electrons. The summed E-state index contributed by atoms with van der Waals surface area (Å²) in [4.78, 5) is 19.7. The van der Waals surface area contributed by atoms with E-state index < -0.39 is 0 Å². The molecule has 0 aliphatic carbocycles. The van der Waals surface area contributed by atoms with Crippen LogP contribution in [0.25, 0.3) is 15.1 Å². The van der Waals surface area contributed by atoms with E-state index in [1.165, 1.54) is 25.9 Å². The van der Waals surface area contributed by atoms with Crippen LogP contribution in [-0.2, 0) is 0 Å². The molecular formula is C20H22N4OS. The number of amides is 1. The quantitative estimate of drug-likeness (QED) is 0.774. The lowest BCUT2D eigenvalue weighted by molar-refractivity contribution is 0.0216. The van der Waals surface area contributed by atoms with Crippen molar-refractivity contribution in [1.29, 1.82) is 0 Å². The average molecular weight is 366 g/mol. The van der Waals surface area contributed by atoms with Gasteiger partial charge in [0.2, 0.25) is 0 Å². The second-order valence-corrected chi connectivity index (χ2v) is 8.46. The number of carbonyl (C=O) groups is 1. The molecule has 0 aromatic carbocycles. The first-order chi connectivity index (χ1) is 12.7. The number of nitrogens with one attached hydrogen (secondary N) is 1. The Kier molecular flexibility index (Phi) is 3.83. The van der Waals surface area contributed by atoms with Crippen LogP contribution < -0.4 is 5.32 Å². The molecule has 134 valence electrons. The number of piperidine rings is 3. The monoisotopic (exact) mass is 366 g/mol. The van der Waals surface area contributed by atoms with E-state index in [1.807, 2.05) is 36.8 Å². The van der Waals surface area contributed by atoms with E-state index in [0.29, 0.717) is 17.7 Å². The zero-order chi connectivity index (χ0) is 17.7. The summed E-state index contributed by atoms with van der Waals surface area (Å²) in [5.74, 6) is 0.554. The summed E-state index contributed by atoms with van der Waals surface area (Å²) in [7, 11) is 0. The predicted octanol–water partition coefficient (Wildman–Crippen LogP) is 3.30. The summed E-state index contributed by atoms with van der Waals surface area (Å²) in [6.45, 7) is 4.56. The maximum absolute atomic E-state index is 12.8. The highest BCUT2D eigenvalue weighted by Gasteiger charge is 2.40. The van der Waals surface area contributed by atoms with Gasteiger partial charge in [0.25, 0.3) is 5.91 Å². The van der Waals surface area contributed by atoms with Gasteiger partial charge in [-0.3, -0.25) is 14.7 Å². The van der Waals surface area contributed by atoms with Crippen LogP contribution in [-0.4, -0.2) is 45.5 Å². The van der Waals surface area contributed by atoms with Crippen molar-refractivity contribution in [1.82, 2.24) is 19.8 Å². The van der Waals surface area contributed by atoms with E-state index in [2.05, 4.69) is 32.8 Å². The molecule has 3 aliphatic heterocycles. The largest absolute Gasteiger partial charge is 0.346 e. The third kappa shape index (κ3) is 2.64. The number of nitrogens with zero attached hydrogens (tertiary/aromatic N) is 3. The summed E-state index contributed by atoms with van der Waals surface area (Å²) < 4.78 is 3.18. The van der Waals surface area contributed by atoms with Gasteiger partial charge in [-0.05, 0) is 63.0 Å². The summed E-state index contributed by atoms with van der Waals surface area (Å²) in [6.07, 6.45) is 8.24. The van der Waals surface area contributed by atoms with Gasteiger partial charge in [0.15, 0.2) is 0 Å². The van der Waals surface area contributed by atoms with Gasteiger partial charge in [0, 0.05) is 40.8 Å². The number of hydrogen-bond donors (Lipinski definition) is 1. The number of aromatic nitrogens is 2. The lowest BCUT2D eigenvalue weighted by Gasteiger charge is -2.49. The van der Waals surface area contributed by atoms with Gasteiger partial charge >= 0.3 is 0 Å². The number of hydrogen-bond acceptors (Lipinski definition) is 4. The van der Waals surface area contributed by atoms with Crippen LogP contribution in [0.3, 0.4) is 0 Å². The number of thiophene rings is 1. The Morgan fingerprint density at radius 1 is 1.23 bits per heavy atom. The van der Waals surface area contributed by atoms with E-state index in [0.717, 1.165) is 15.1 Å². The number of pyridine rings is 1. The molecule has 6 heterocycles. The molecule has 1 N–H and O–H groups in total. The molecule has 1 amide bonds. The smallest absolute Gasteiger partial charge is 0.270 e. The van der Waals surface area contributed by atoms with Crippen LogP contribution in [0.4, 0.5) is 0 Å². The molecule has 0 saturated carbocycles. The van der Waals surface area contributed by atoms with Gasteiger partial charge in [0.1, 0.15) is 10.7 Å². The topological polar surface area (TPSA) is 50.2 Å². The summed E-state index contributed by atoms with van der Waals surface area (Å²) in [5.41, 5.74) is 0.516. The Morgan fingerprint density at radius 2 is 2.00 bits per heavy atom. The molecule has 6 rings (SSSR count).